The van der Waals surface area contributed by atoms with Crippen LogP contribution in [0.5, 0.6) is 5.75 Å². The first-order valence-electron chi connectivity index (χ1n) is 5.95. The van der Waals surface area contributed by atoms with E-state index in [9.17, 15) is 4.79 Å². The Kier molecular flexibility index (Phi) is 4.53. The monoisotopic (exact) mass is 260 g/mol. The Morgan fingerprint density at radius 3 is 2.89 bits per heavy atom. The first-order chi connectivity index (χ1) is 8.78. The van der Waals surface area contributed by atoms with Gasteiger partial charge in [-0.3, -0.25) is 4.79 Å². The van der Waals surface area contributed by atoms with E-state index in [4.69, 9.17) is 4.74 Å². The number of benzene rings is 1. The van der Waals surface area contributed by atoms with Gasteiger partial charge in [-0.2, -0.15) is 0 Å². The Labute approximate surface area is 111 Å². The maximum Gasteiger partial charge on any atom is 0.137 e. The topological polar surface area (TPSA) is 26.3 Å². The van der Waals surface area contributed by atoms with Gasteiger partial charge >= 0.3 is 0 Å². The molecule has 0 amide bonds. The highest BCUT2D eigenvalue weighted by Gasteiger charge is 2.05. The summed E-state index contributed by atoms with van der Waals surface area (Å²) in [7, 11) is 1.64. The second kappa shape index (κ2) is 6.36. The molecule has 0 fully saturated rings. The lowest BCUT2D eigenvalue weighted by Crippen LogP contribution is -2.04. The molecule has 0 bridgehead atoms. The second-order valence-corrected chi connectivity index (χ2v) is 5.18. The Morgan fingerprint density at radius 2 is 2.17 bits per heavy atom. The smallest absolute Gasteiger partial charge is 0.137 e. The summed E-state index contributed by atoms with van der Waals surface area (Å²) in [4.78, 5) is 13.1. The Balaban J connectivity index is 1.86. The zero-order valence-corrected chi connectivity index (χ0v) is 11.2. The van der Waals surface area contributed by atoms with Gasteiger partial charge in [0.15, 0.2) is 0 Å². The molecule has 0 aliphatic heterocycles. The molecule has 94 valence electrons. The summed E-state index contributed by atoms with van der Waals surface area (Å²) >= 11 is 1.71. The number of ether oxygens (including phenoxy) is 1. The normalized spacial score (nSPS) is 10.3. The average molecular weight is 260 g/mol. The van der Waals surface area contributed by atoms with E-state index in [-0.39, 0.29) is 5.78 Å². The molecule has 0 aliphatic rings. The molecular weight excluding hydrogens is 244 g/mol. The molecule has 0 saturated carbocycles. The number of rotatable bonds is 6. The number of carbonyl (C=O) groups is 1. The van der Waals surface area contributed by atoms with Crippen LogP contribution in [0.3, 0.4) is 0 Å². The summed E-state index contributed by atoms with van der Waals surface area (Å²) in [5.41, 5.74) is 1.02. The average Bonchev–Trinajstić information content (AvgIpc) is 2.90. The van der Waals surface area contributed by atoms with Crippen LogP contribution in [0.4, 0.5) is 0 Å². The molecule has 2 rings (SSSR count). The molecular formula is C15H16O2S. The van der Waals surface area contributed by atoms with Crippen molar-refractivity contribution in [3.8, 4) is 5.75 Å². The van der Waals surface area contributed by atoms with Crippen LogP contribution in [-0.2, 0) is 17.6 Å². The van der Waals surface area contributed by atoms with E-state index in [0.717, 1.165) is 17.7 Å². The van der Waals surface area contributed by atoms with E-state index in [1.165, 1.54) is 4.88 Å². The fourth-order valence-electron chi connectivity index (χ4n) is 1.82. The third-order valence-electron chi connectivity index (χ3n) is 2.77. The van der Waals surface area contributed by atoms with Gasteiger partial charge in [-0.1, -0.05) is 18.2 Å². The third kappa shape index (κ3) is 3.70. The van der Waals surface area contributed by atoms with E-state index >= 15 is 0 Å². The van der Waals surface area contributed by atoms with E-state index < -0.39 is 0 Å². The predicted molar refractivity (Wildman–Crippen MR) is 74.3 cm³/mol. The first-order valence-corrected chi connectivity index (χ1v) is 6.83. The number of hydrogen-bond acceptors (Lipinski definition) is 3. The van der Waals surface area contributed by atoms with Gasteiger partial charge in [0.05, 0.1) is 7.11 Å². The zero-order valence-electron chi connectivity index (χ0n) is 10.4. The van der Waals surface area contributed by atoms with Gasteiger partial charge in [0.2, 0.25) is 0 Å². The Morgan fingerprint density at radius 1 is 1.28 bits per heavy atom. The van der Waals surface area contributed by atoms with Crippen molar-refractivity contribution in [2.24, 2.45) is 0 Å². The summed E-state index contributed by atoms with van der Waals surface area (Å²) in [5.74, 6) is 1.08. The summed E-state index contributed by atoms with van der Waals surface area (Å²) in [6.45, 7) is 0. The molecule has 2 aromatic rings. The molecule has 0 saturated heterocycles. The highest BCUT2D eigenvalue weighted by Crippen LogP contribution is 2.15. The predicted octanol–water partition coefficient (Wildman–Crippen LogP) is 3.50. The van der Waals surface area contributed by atoms with Crippen molar-refractivity contribution in [3.63, 3.8) is 0 Å². The zero-order chi connectivity index (χ0) is 12.8. The van der Waals surface area contributed by atoms with Crippen LogP contribution in [0.25, 0.3) is 0 Å². The molecule has 0 radical (unpaired) electrons. The Bertz CT molecular complexity index is 503. The lowest BCUT2D eigenvalue weighted by molar-refractivity contribution is -0.118. The lowest BCUT2D eigenvalue weighted by Gasteiger charge is -2.03. The molecule has 3 heteroatoms. The Hall–Kier alpha value is -1.61. The van der Waals surface area contributed by atoms with Crippen LogP contribution < -0.4 is 4.74 Å². The van der Waals surface area contributed by atoms with Gasteiger partial charge in [0, 0.05) is 17.7 Å². The second-order valence-electron chi connectivity index (χ2n) is 4.15. The van der Waals surface area contributed by atoms with E-state index in [1.54, 1.807) is 18.4 Å². The molecule has 0 atom stereocenters. The van der Waals surface area contributed by atoms with Gasteiger partial charge in [0.1, 0.15) is 11.5 Å². The molecule has 0 aliphatic carbocycles. The number of Topliss-reactive ketones (excluding diaryl/α,β-unsaturated/α-hetero) is 1. The summed E-state index contributed by atoms with van der Waals surface area (Å²) in [6, 6.07) is 11.8. The number of aryl methyl sites for hydroxylation is 1. The molecule has 0 unspecified atom stereocenters. The largest absolute Gasteiger partial charge is 0.497 e. The third-order valence-corrected chi connectivity index (χ3v) is 3.70. The number of carbonyl (C=O) groups excluding carboxylic acids is 1. The maximum atomic E-state index is 11.9. The molecule has 0 spiro atoms. The molecule has 1 heterocycles. The van der Waals surface area contributed by atoms with Crippen molar-refractivity contribution in [2.75, 3.05) is 7.11 Å². The van der Waals surface area contributed by atoms with E-state index in [0.29, 0.717) is 12.8 Å². The summed E-state index contributed by atoms with van der Waals surface area (Å²) < 4.78 is 5.15. The highest BCUT2D eigenvalue weighted by atomic mass is 32.1. The van der Waals surface area contributed by atoms with Gasteiger partial charge in [-0.15, -0.1) is 11.3 Å². The van der Waals surface area contributed by atoms with Crippen LogP contribution >= 0.6 is 11.3 Å². The fourth-order valence-corrected chi connectivity index (χ4v) is 2.52. The highest BCUT2D eigenvalue weighted by molar-refractivity contribution is 7.09. The van der Waals surface area contributed by atoms with Crippen LogP contribution in [0, 0.1) is 0 Å². The molecule has 1 aromatic carbocycles. The number of ketones is 1. The lowest BCUT2D eigenvalue weighted by atomic mass is 10.1. The van der Waals surface area contributed by atoms with Crippen molar-refractivity contribution in [2.45, 2.75) is 19.3 Å². The van der Waals surface area contributed by atoms with Gasteiger partial charge < -0.3 is 4.74 Å². The number of hydrogen-bond donors (Lipinski definition) is 0. The molecule has 0 N–H and O–H groups in total. The van der Waals surface area contributed by atoms with Crippen LogP contribution in [0.1, 0.15) is 16.9 Å². The van der Waals surface area contributed by atoms with Gasteiger partial charge in [-0.05, 0) is 35.6 Å². The maximum absolute atomic E-state index is 11.9. The van der Waals surface area contributed by atoms with Crippen LogP contribution in [0.15, 0.2) is 41.8 Å². The van der Waals surface area contributed by atoms with Crippen molar-refractivity contribution in [1.29, 1.82) is 0 Å². The van der Waals surface area contributed by atoms with Crippen molar-refractivity contribution in [1.82, 2.24) is 0 Å². The number of methoxy groups -OCH3 is 1. The SMILES string of the molecule is COc1cccc(CC(=O)CCc2cccs2)c1. The fraction of sp³-hybridized carbons (Fsp3) is 0.267. The molecule has 1 aromatic heterocycles. The van der Waals surface area contributed by atoms with Crippen LogP contribution in [-0.4, -0.2) is 12.9 Å². The van der Waals surface area contributed by atoms with Crippen molar-refractivity contribution in [3.05, 3.63) is 52.2 Å². The van der Waals surface area contributed by atoms with E-state index in [1.807, 2.05) is 35.7 Å². The van der Waals surface area contributed by atoms with Crippen LogP contribution in [0.2, 0.25) is 0 Å². The summed E-state index contributed by atoms with van der Waals surface area (Å²) in [5, 5.41) is 2.04. The van der Waals surface area contributed by atoms with Gasteiger partial charge in [0.25, 0.3) is 0 Å². The minimum Gasteiger partial charge on any atom is -0.497 e. The van der Waals surface area contributed by atoms with Crippen molar-refractivity contribution < 1.29 is 9.53 Å². The quantitative estimate of drug-likeness (QED) is 0.794. The molecule has 18 heavy (non-hydrogen) atoms. The first kappa shape index (κ1) is 12.8. The minimum atomic E-state index is 0.275. The van der Waals surface area contributed by atoms with Crippen molar-refractivity contribution >= 4 is 17.1 Å². The standard InChI is InChI=1S/C15H16O2S/c1-17-14-5-2-4-12(11-14)10-13(16)7-8-15-6-3-9-18-15/h2-6,9,11H,7-8,10H2,1H3. The molecule has 2 nitrogen and oxygen atoms in total. The minimum absolute atomic E-state index is 0.275. The van der Waals surface area contributed by atoms with Gasteiger partial charge in [-0.25, -0.2) is 0 Å². The number of thiophene rings is 1. The van der Waals surface area contributed by atoms with E-state index in [2.05, 4.69) is 6.07 Å². The summed E-state index contributed by atoms with van der Waals surface area (Å²) in [6.07, 6.45) is 1.95.